The first-order valence-corrected chi connectivity index (χ1v) is 15.1. The van der Waals surface area contributed by atoms with Crippen LogP contribution in [0.15, 0.2) is 30.3 Å². The second-order valence-corrected chi connectivity index (χ2v) is 12.0. The van der Waals surface area contributed by atoms with E-state index in [0.717, 1.165) is 92.5 Å². The number of rotatable bonds is 6. The Labute approximate surface area is 228 Å². The van der Waals surface area contributed by atoms with Gasteiger partial charge in [0, 0.05) is 63.2 Å². The summed E-state index contributed by atoms with van der Waals surface area (Å²) in [5.41, 5.74) is 3.09. The van der Waals surface area contributed by atoms with Crippen LogP contribution in [0, 0.1) is 0 Å². The van der Waals surface area contributed by atoms with Gasteiger partial charge in [-0.1, -0.05) is 31.9 Å². The number of aryl methyl sites for hydroxylation is 1. The number of imidazole rings is 1. The van der Waals surface area contributed by atoms with E-state index >= 15 is 0 Å². The molecule has 4 aromatic rings. The van der Waals surface area contributed by atoms with E-state index < -0.39 is 0 Å². The number of aromatic nitrogens is 4. The number of morpholine rings is 1. The van der Waals surface area contributed by atoms with Gasteiger partial charge in [-0.25, -0.2) is 9.97 Å². The summed E-state index contributed by atoms with van der Waals surface area (Å²) in [7, 11) is 0. The molecule has 2 aliphatic heterocycles. The lowest BCUT2D eigenvalue weighted by Gasteiger charge is -2.37. The van der Waals surface area contributed by atoms with Crippen molar-refractivity contribution in [1.29, 1.82) is 0 Å². The average Bonchev–Trinajstić information content (AvgIpc) is 3.71. The molecule has 1 aliphatic carbocycles. The van der Waals surface area contributed by atoms with Crippen LogP contribution in [0.1, 0.15) is 43.3 Å². The van der Waals surface area contributed by atoms with E-state index in [0.29, 0.717) is 0 Å². The Morgan fingerprint density at radius 1 is 0.921 bits per heavy atom. The highest BCUT2D eigenvalue weighted by Crippen LogP contribution is 2.35. The number of hydrogen-bond donors (Lipinski definition) is 0. The van der Waals surface area contributed by atoms with Gasteiger partial charge < -0.3 is 9.64 Å². The zero-order valence-corrected chi connectivity index (χ0v) is 23.1. The summed E-state index contributed by atoms with van der Waals surface area (Å²) in [5, 5.41) is 0. The largest absolute Gasteiger partial charge is 0.378 e. The van der Waals surface area contributed by atoms with Crippen LogP contribution in [0.5, 0.6) is 0 Å². The number of para-hydroxylation sites is 2. The molecule has 0 atom stereocenters. The molecule has 9 heteroatoms. The van der Waals surface area contributed by atoms with Gasteiger partial charge in [-0.15, -0.1) is 11.3 Å². The fraction of sp³-hybridized carbons (Fsp3) is 0.552. The summed E-state index contributed by atoms with van der Waals surface area (Å²) in [6, 6.07) is 11.4. The highest BCUT2D eigenvalue weighted by Gasteiger charge is 2.27. The first-order chi connectivity index (χ1) is 18.8. The summed E-state index contributed by atoms with van der Waals surface area (Å²) in [4.78, 5) is 24.4. The zero-order chi connectivity index (χ0) is 25.5. The van der Waals surface area contributed by atoms with E-state index in [1.807, 2.05) is 17.4 Å². The minimum atomic E-state index is 0.721. The van der Waals surface area contributed by atoms with Gasteiger partial charge in [0.1, 0.15) is 5.82 Å². The Bertz CT molecular complexity index is 1410. The smallest absolute Gasteiger partial charge is 0.238 e. The summed E-state index contributed by atoms with van der Waals surface area (Å²) >= 11 is 1.87. The second kappa shape index (κ2) is 10.5. The van der Waals surface area contributed by atoms with Gasteiger partial charge in [-0.05, 0) is 31.0 Å². The maximum absolute atomic E-state index is 5.67. The number of fused-ring (bicyclic) bond motifs is 2. The van der Waals surface area contributed by atoms with Gasteiger partial charge in [0.2, 0.25) is 5.95 Å². The maximum Gasteiger partial charge on any atom is 0.238 e. The molecule has 5 heterocycles. The molecule has 0 N–H and O–H groups in total. The third kappa shape index (κ3) is 4.59. The molecular formula is C29H37N7OS. The van der Waals surface area contributed by atoms with E-state index in [1.54, 1.807) is 0 Å². The number of anilines is 1. The number of hydrogen-bond acceptors (Lipinski definition) is 8. The molecular weight excluding hydrogens is 494 g/mol. The molecule has 8 nitrogen and oxygen atoms in total. The van der Waals surface area contributed by atoms with E-state index in [4.69, 9.17) is 19.7 Å². The second-order valence-electron chi connectivity index (χ2n) is 10.8. The monoisotopic (exact) mass is 531 g/mol. The van der Waals surface area contributed by atoms with Crippen LogP contribution in [0.25, 0.3) is 27.2 Å². The molecule has 38 heavy (non-hydrogen) atoms. The molecule has 3 aromatic heterocycles. The van der Waals surface area contributed by atoms with Crippen LogP contribution < -0.4 is 4.90 Å². The van der Waals surface area contributed by atoms with E-state index in [-0.39, 0.29) is 0 Å². The van der Waals surface area contributed by atoms with E-state index in [2.05, 4.69) is 50.5 Å². The lowest BCUT2D eigenvalue weighted by Crippen LogP contribution is -2.49. The number of piperazine rings is 1. The molecule has 2 saturated heterocycles. The summed E-state index contributed by atoms with van der Waals surface area (Å²) < 4.78 is 9.02. The Balaban J connectivity index is 1.22. The minimum Gasteiger partial charge on any atom is -0.378 e. The van der Waals surface area contributed by atoms with Crippen molar-refractivity contribution in [3.8, 4) is 5.95 Å². The number of ether oxygens (including phenoxy) is 1. The molecule has 200 valence electrons. The van der Waals surface area contributed by atoms with Crippen LogP contribution >= 0.6 is 11.3 Å². The van der Waals surface area contributed by atoms with Gasteiger partial charge >= 0.3 is 0 Å². The molecule has 1 saturated carbocycles. The summed E-state index contributed by atoms with van der Waals surface area (Å²) in [6.07, 6.45) is 6.44. The maximum atomic E-state index is 5.67. The molecule has 0 unspecified atom stereocenters. The zero-order valence-electron chi connectivity index (χ0n) is 22.3. The predicted molar refractivity (Wildman–Crippen MR) is 154 cm³/mol. The van der Waals surface area contributed by atoms with Gasteiger partial charge in [0.15, 0.2) is 5.82 Å². The van der Waals surface area contributed by atoms with Crippen LogP contribution in [0.3, 0.4) is 0 Å². The lowest BCUT2D eigenvalue weighted by molar-refractivity contribution is 0.0943. The predicted octanol–water partition coefficient (Wildman–Crippen LogP) is 4.49. The highest BCUT2D eigenvalue weighted by molar-refractivity contribution is 7.19. The van der Waals surface area contributed by atoms with Crippen molar-refractivity contribution in [3.63, 3.8) is 0 Å². The Morgan fingerprint density at radius 3 is 2.50 bits per heavy atom. The van der Waals surface area contributed by atoms with E-state index in [9.17, 15) is 0 Å². The van der Waals surface area contributed by atoms with Crippen molar-refractivity contribution >= 4 is 38.4 Å². The molecule has 1 aromatic carbocycles. The van der Waals surface area contributed by atoms with Crippen molar-refractivity contribution in [2.75, 3.05) is 57.4 Å². The molecule has 7 rings (SSSR count). The fourth-order valence-corrected chi connectivity index (χ4v) is 7.59. The van der Waals surface area contributed by atoms with Crippen molar-refractivity contribution in [2.24, 2.45) is 0 Å². The summed E-state index contributed by atoms with van der Waals surface area (Å²) in [5.74, 6) is 2.75. The molecule has 0 spiro atoms. The average molecular weight is 532 g/mol. The van der Waals surface area contributed by atoms with Crippen LogP contribution in [0.2, 0.25) is 0 Å². The van der Waals surface area contributed by atoms with Crippen molar-refractivity contribution in [1.82, 2.24) is 29.3 Å². The third-order valence-corrected chi connectivity index (χ3v) is 9.58. The molecule has 0 amide bonds. The molecule has 3 aliphatic rings. The van der Waals surface area contributed by atoms with Crippen molar-refractivity contribution < 1.29 is 4.74 Å². The van der Waals surface area contributed by atoms with Gasteiger partial charge in [-0.2, -0.15) is 4.98 Å². The lowest BCUT2D eigenvalue weighted by atomic mass is 10.2. The van der Waals surface area contributed by atoms with Crippen molar-refractivity contribution in [2.45, 2.75) is 51.6 Å². The molecule has 3 fully saturated rings. The van der Waals surface area contributed by atoms with Gasteiger partial charge in [-0.3, -0.25) is 14.4 Å². The summed E-state index contributed by atoms with van der Waals surface area (Å²) in [6.45, 7) is 11.0. The SMILES string of the molecule is CCc1nc2ccccc2n1-c1nc(N2CCOCC2)c2sc(CN3CCN(C4CCCC4)CC3)cc2n1. The Kier molecular flexibility index (Phi) is 6.77. The quantitative estimate of drug-likeness (QED) is 0.363. The van der Waals surface area contributed by atoms with Gasteiger partial charge in [0.05, 0.1) is 34.5 Å². The molecule has 0 radical (unpaired) electrons. The topological polar surface area (TPSA) is 62.6 Å². The first-order valence-electron chi connectivity index (χ1n) is 14.3. The number of nitrogens with zero attached hydrogens (tertiary/aromatic N) is 7. The van der Waals surface area contributed by atoms with Gasteiger partial charge in [0.25, 0.3) is 0 Å². The van der Waals surface area contributed by atoms with Crippen LogP contribution in [-0.2, 0) is 17.7 Å². The van der Waals surface area contributed by atoms with E-state index in [1.165, 1.54) is 48.3 Å². The van der Waals surface area contributed by atoms with Crippen molar-refractivity contribution in [3.05, 3.63) is 41.0 Å². The highest BCUT2D eigenvalue weighted by atomic mass is 32.1. The number of thiophene rings is 1. The molecule has 0 bridgehead atoms. The van der Waals surface area contributed by atoms with Crippen LogP contribution in [-0.4, -0.2) is 87.8 Å². The Hall–Kier alpha value is -2.59. The third-order valence-electron chi connectivity index (χ3n) is 8.48. The Morgan fingerprint density at radius 2 is 1.71 bits per heavy atom. The first kappa shape index (κ1) is 24.5. The number of benzene rings is 1. The van der Waals surface area contributed by atoms with Crippen LogP contribution in [0.4, 0.5) is 5.82 Å². The normalized spacial score (nSPS) is 20.3. The standard InChI is InChI=1S/C29H37N7OS/c1-2-26-30-23-9-5-6-10-25(23)36(26)29-31-24-19-22(38-27(24)28(32-29)35-15-17-37-18-16-35)20-33-11-13-34(14-12-33)21-7-3-4-8-21/h5-6,9-10,19,21H,2-4,7-8,11-18,20H2,1H3. The minimum absolute atomic E-state index is 0.721. The fourth-order valence-electron chi connectivity index (χ4n) is 6.43.